The SMILES string of the molecule is Cc1ccc(F)c(CS(=O)(=O)NC(=O)C2CCN(c3nc(C(F)F)c(C(=O)O)cc3C#N)CC2)c1. The summed E-state index contributed by atoms with van der Waals surface area (Å²) < 4.78 is 67.4. The van der Waals surface area contributed by atoms with Gasteiger partial charge in [-0.15, -0.1) is 0 Å². The molecule has 0 aliphatic carbocycles. The van der Waals surface area contributed by atoms with Crippen LogP contribution in [-0.2, 0) is 20.6 Å². The van der Waals surface area contributed by atoms with E-state index in [0.29, 0.717) is 5.56 Å². The fourth-order valence-electron chi connectivity index (χ4n) is 3.82. The van der Waals surface area contributed by atoms with Crippen molar-refractivity contribution < 1.29 is 36.3 Å². The van der Waals surface area contributed by atoms with E-state index in [4.69, 9.17) is 5.11 Å². The number of nitriles is 1. The number of nitrogens with one attached hydrogen (secondary N) is 1. The van der Waals surface area contributed by atoms with E-state index in [0.717, 1.165) is 12.1 Å². The van der Waals surface area contributed by atoms with Crippen molar-refractivity contribution in [1.82, 2.24) is 9.71 Å². The largest absolute Gasteiger partial charge is 0.478 e. The standard InChI is InChI=1S/C22H21F3N4O5S/c1-12-2-3-17(23)15(8-12)11-35(33,34)28-21(30)13-4-6-29(7-5-13)20-14(10-26)9-16(22(31)32)18(27-20)19(24)25/h2-3,8-9,13,19H,4-7,11H2,1H3,(H,28,30)(H,31,32). The number of piperidine rings is 1. The van der Waals surface area contributed by atoms with Crippen LogP contribution < -0.4 is 9.62 Å². The van der Waals surface area contributed by atoms with Crippen LogP contribution >= 0.6 is 0 Å². The summed E-state index contributed by atoms with van der Waals surface area (Å²) in [4.78, 5) is 29.0. The van der Waals surface area contributed by atoms with E-state index in [2.05, 4.69) is 4.98 Å². The molecule has 35 heavy (non-hydrogen) atoms. The lowest BCUT2D eigenvalue weighted by Crippen LogP contribution is -2.43. The van der Waals surface area contributed by atoms with Gasteiger partial charge in [0.1, 0.15) is 23.4 Å². The first-order chi connectivity index (χ1) is 16.4. The summed E-state index contributed by atoms with van der Waals surface area (Å²) >= 11 is 0. The maximum absolute atomic E-state index is 13.9. The van der Waals surface area contributed by atoms with E-state index in [-0.39, 0.29) is 42.9 Å². The zero-order valence-corrected chi connectivity index (χ0v) is 19.3. The number of aromatic nitrogens is 1. The Labute approximate surface area is 199 Å². The summed E-state index contributed by atoms with van der Waals surface area (Å²) in [6.45, 7) is 1.84. The van der Waals surface area contributed by atoms with Crippen molar-refractivity contribution in [2.45, 2.75) is 31.9 Å². The molecular formula is C22H21F3N4O5S. The van der Waals surface area contributed by atoms with E-state index < -0.39 is 57.1 Å². The van der Waals surface area contributed by atoms with Gasteiger partial charge in [-0.3, -0.25) is 9.52 Å². The molecule has 0 saturated carbocycles. The van der Waals surface area contributed by atoms with E-state index in [1.54, 1.807) is 13.0 Å². The quantitative estimate of drug-likeness (QED) is 0.579. The third kappa shape index (κ3) is 6.07. The van der Waals surface area contributed by atoms with Gasteiger partial charge in [0, 0.05) is 24.6 Å². The molecule has 13 heteroatoms. The molecule has 0 bridgehead atoms. The van der Waals surface area contributed by atoms with Crippen LogP contribution in [0, 0.1) is 30.0 Å². The lowest BCUT2D eigenvalue weighted by Gasteiger charge is -2.32. The van der Waals surface area contributed by atoms with Crippen molar-refractivity contribution in [3.8, 4) is 6.07 Å². The second-order valence-corrected chi connectivity index (χ2v) is 9.81. The Balaban J connectivity index is 1.70. The molecule has 2 N–H and O–H groups in total. The van der Waals surface area contributed by atoms with Crippen molar-refractivity contribution in [1.29, 1.82) is 5.26 Å². The number of halogens is 3. The normalized spacial score (nSPS) is 14.6. The minimum absolute atomic E-state index is 0.0742. The van der Waals surface area contributed by atoms with Gasteiger partial charge in [-0.05, 0) is 31.9 Å². The minimum atomic E-state index is -4.17. The number of aryl methyl sites for hydroxylation is 1. The summed E-state index contributed by atoms with van der Waals surface area (Å²) in [7, 11) is -4.17. The highest BCUT2D eigenvalue weighted by Crippen LogP contribution is 2.30. The Morgan fingerprint density at radius 1 is 1.29 bits per heavy atom. The van der Waals surface area contributed by atoms with Gasteiger partial charge < -0.3 is 10.0 Å². The average molecular weight is 510 g/mol. The highest BCUT2D eigenvalue weighted by atomic mass is 32.2. The second-order valence-electron chi connectivity index (χ2n) is 8.09. The van der Waals surface area contributed by atoms with Gasteiger partial charge in [-0.1, -0.05) is 17.7 Å². The van der Waals surface area contributed by atoms with Crippen LogP contribution in [0.15, 0.2) is 24.3 Å². The maximum Gasteiger partial charge on any atom is 0.337 e. The van der Waals surface area contributed by atoms with Crippen molar-refractivity contribution in [2.24, 2.45) is 5.92 Å². The highest BCUT2D eigenvalue weighted by molar-refractivity contribution is 7.89. The number of carbonyl (C=O) groups excluding carboxylic acids is 1. The number of alkyl halides is 2. The van der Waals surface area contributed by atoms with Crippen LogP contribution in [0.25, 0.3) is 0 Å². The van der Waals surface area contributed by atoms with Gasteiger partial charge >= 0.3 is 5.97 Å². The Morgan fingerprint density at radius 3 is 2.51 bits per heavy atom. The minimum Gasteiger partial charge on any atom is -0.478 e. The molecule has 0 atom stereocenters. The van der Waals surface area contributed by atoms with Gasteiger partial charge in [-0.2, -0.15) is 5.26 Å². The molecule has 1 aromatic heterocycles. The number of amides is 1. The molecule has 0 unspecified atom stereocenters. The lowest BCUT2D eigenvalue weighted by molar-refractivity contribution is -0.123. The van der Waals surface area contributed by atoms with Crippen LogP contribution in [-0.4, -0.2) is 43.5 Å². The van der Waals surface area contributed by atoms with Gasteiger partial charge in [0.25, 0.3) is 6.43 Å². The first-order valence-electron chi connectivity index (χ1n) is 10.4. The Hall–Kier alpha value is -3.66. The average Bonchev–Trinajstić information content (AvgIpc) is 2.80. The van der Waals surface area contributed by atoms with Gasteiger partial charge in [0.05, 0.1) is 16.9 Å². The number of carboxylic acid groups (broad SMARTS) is 1. The Morgan fingerprint density at radius 2 is 1.94 bits per heavy atom. The molecule has 1 aromatic carbocycles. The van der Waals surface area contributed by atoms with Gasteiger partial charge in [0.15, 0.2) is 0 Å². The summed E-state index contributed by atoms with van der Waals surface area (Å²) in [5, 5.41) is 18.5. The van der Waals surface area contributed by atoms with Crippen LogP contribution in [0.2, 0.25) is 0 Å². The fourth-order valence-corrected chi connectivity index (χ4v) is 5.00. The smallest absolute Gasteiger partial charge is 0.337 e. The molecule has 2 aromatic rings. The lowest BCUT2D eigenvalue weighted by atomic mass is 9.96. The molecule has 9 nitrogen and oxygen atoms in total. The van der Waals surface area contributed by atoms with E-state index >= 15 is 0 Å². The van der Waals surface area contributed by atoms with Crippen LogP contribution in [0.5, 0.6) is 0 Å². The molecule has 1 fully saturated rings. The maximum atomic E-state index is 13.9. The van der Waals surface area contributed by atoms with Crippen LogP contribution in [0.3, 0.4) is 0 Å². The number of hydrogen-bond donors (Lipinski definition) is 2. The number of sulfonamides is 1. The molecule has 1 aliphatic heterocycles. The molecular weight excluding hydrogens is 489 g/mol. The van der Waals surface area contributed by atoms with Crippen LogP contribution in [0.4, 0.5) is 19.0 Å². The predicted octanol–water partition coefficient (Wildman–Crippen LogP) is 2.90. The number of carbonyl (C=O) groups is 2. The van der Waals surface area contributed by atoms with E-state index in [9.17, 15) is 36.4 Å². The monoisotopic (exact) mass is 510 g/mol. The first kappa shape index (κ1) is 26.0. The number of carboxylic acids is 1. The molecule has 1 saturated heterocycles. The third-order valence-corrected chi connectivity index (χ3v) is 6.76. The molecule has 0 spiro atoms. The van der Waals surface area contributed by atoms with Crippen molar-refractivity contribution in [2.75, 3.05) is 18.0 Å². The molecule has 2 heterocycles. The first-order valence-corrected chi connectivity index (χ1v) is 12.1. The van der Waals surface area contributed by atoms with Crippen molar-refractivity contribution >= 4 is 27.7 Å². The Bertz CT molecular complexity index is 1300. The summed E-state index contributed by atoms with van der Waals surface area (Å²) in [5.74, 6) is -4.71. The highest BCUT2D eigenvalue weighted by Gasteiger charge is 2.31. The van der Waals surface area contributed by atoms with Crippen molar-refractivity contribution in [3.05, 3.63) is 58.0 Å². The number of aromatic carboxylic acids is 1. The zero-order valence-electron chi connectivity index (χ0n) is 18.5. The summed E-state index contributed by atoms with van der Waals surface area (Å²) in [6.07, 6.45) is -2.94. The second kappa shape index (κ2) is 10.3. The number of benzene rings is 1. The molecule has 0 radical (unpaired) electrons. The number of pyridine rings is 1. The fraction of sp³-hybridized carbons (Fsp3) is 0.364. The number of rotatable bonds is 7. The van der Waals surface area contributed by atoms with E-state index in [1.165, 1.54) is 17.0 Å². The third-order valence-electron chi connectivity index (χ3n) is 5.56. The summed E-state index contributed by atoms with van der Waals surface area (Å²) in [5.41, 5.74) is -1.37. The van der Waals surface area contributed by atoms with Crippen LogP contribution in [0.1, 0.15) is 52.0 Å². The zero-order chi connectivity index (χ0) is 25.9. The predicted molar refractivity (Wildman–Crippen MR) is 118 cm³/mol. The number of nitrogens with zero attached hydrogens (tertiary/aromatic N) is 3. The van der Waals surface area contributed by atoms with Crippen molar-refractivity contribution in [3.63, 3.8) is 0 Å². The van der Waals surface area contributed by atoms with Gasteiger partial charge in [0.2, 0.25) is 15.9 Å². The van der Waals surface area contributed by atoms with E-state index in [1.807, 2.05) is 4.72 Å². The molecule has 186 valence electrons. The molecule has 1 aliphatic rings. The number of anilines is 1. The Kier molecular flexibility index (Phi) is 7.64. The number of hydrogen-bond acceptors (Lipinski definition) is 7. The van der Waals surface area contributed by atoms with Gasteiger partial charge in [-0.25, -0.2) is 31.4 Å². The topological polar surface area (TPSA) is 140 Å². The molecule has 1 amide bonds. The summed E-state index contributed by atoms with van der Waals surface area (Å²) in [6, 6.07) is 6.59. The molecule has 3 rings (SSSR count).